The summed E-state index contributed by atoms with van der Waals surface area (Å²) in [5.74, 6) is 0.840. The topological polar surface area (TPSA) is 62.7 Å². The number of aryl methyl sites for hydroxylation is 1. The van der Waals surface area contributed by atoms with E-state index in [1.54, 1.807) is 24.3 Å². The van der Waals surface area contributed by atoms with E-state index in [9.17, 15) is 0 Å². The first-order valence-corrected chi connectivity index (χ1v) is 8.09. The predicted octanol–water partition coefficient (Wildman–Crippen LogP) is 5.63. The van der Waals surface area contributed by atoms with E-state index in [4.69, 9.17) is 34.8 Å². The van der Waals surface area contributed by atoms with Gasteiger partial charge in [-0.2, -0.15) is 10.1 Å². The first kappa shape index (κ1) is 16.8. The van der Waals surface area contributed by atoms with Crippen LogP contribution in [0.1, 0.15) is 5.56 Å². The van der Waals surface area contributed by atoms with Crippen molar-refractivity contribution in [1.29, 1.82) is 0 Å². The SMILES string of the molecule is Cc1ccc(Cl)cc1Nc1nncc(Nc2ccc(Cl)cc2Cl)n1. The maximum atomic E-state index is 6.15. The van der Waals surface area contributed by atoms with Gasteiger partial charge < -0.3 is 10.6 Å². The molecule has 122 valence electrons. The quantitative estimate of drug-likeness (QED) is 0.614. The molecule has 0 atom stereocenters. The molecule has 0 spiro atoms. The Hall–Kier alpha value is -2.08. The van der Waals surface area contributed by atoms with Crippen LogP contribution in [0.25, 0.3) is 0 Å². The van der Waals surface area contributed by atoms with E-state index in [1.165, 1.54) is 6.20 Å². The lowest BCUT2D eigenvalue weighted by atomic mass is 10.2. The highest BCUT2D eigenvalue weighted by atomic mass is 35.5. The largest absolute Gasteiger partial charge is 0.338 e. The third kappa shape index (κ3) is 4.06. The molecule has 1 aromatic heterocycles. The first-order chi connectivity index (χ1) is 11.5. The van der Waals surface area contributed by atoms with Crippen LogP contribution in [-0.4, -0.2) is 15.2 Å². The standard InChI is InChI=1S/C16H12Cl3N5/c1-9-2-3-11(18)7-14(9)22-16-23-15(8-20-24-16)21-13-5-4-10(17)6-12(13)19/h2-8H,1H3,(H2,21,22,23,24). The average Bonchev–Trinajstić information content (AvgIpc) is 2.54. The summed E-state index contributed by atoms with van der Waals surface area (Å²) in [5.41, 5.74) is 2.50. The molecule has 0 saturated heterocycles. The number of nitrogens with zero attached hydrogens (tertiary/aromatic N) is 3. The zero-order valence-corrected chi connectivity index (χ0v) is 14.8. The van der Waals surface area contributed by atoms with Crippen LogP contribution in [0.5, 0.6) is 0 Å². The highest BCUT2D eigenvalue weighted by Gasteiger charge is 2.07. The average molecular weight is 381 g/mol. The van der Waals surface area contributed by atoms with Crippen LogP contribution in [0, 0.1) is 6.92 Å². The van der Waals surface area contributed by atoms with Crippen molar-refractivity contribution in [1.82, 2.24) is 15.2 Å². The molecule has 2 N–H and O–H groups in total. The number of anilines is 4. The van der Waals surface area contributed by atoms with Crippen molar-refractivity contribution in [2.75, 3.05) is 10.6 Å². The van der Waals surface area contributed by atoms with Gasteiger partial charge in [0.15, 0.2) is 5.82 Å². The third-order valence-electron chi connectivity index (χ3n) is 3.20. The fraction of sp³-hybridized carbons (Fsp3) is 0.0625. The summed E-state index contributed by atoms with van der Waals surface area (Å²) < 4.78 is 0. The zero-order valence-electron chi connectivity index (χ0n) is 12.5. The second-order valence-corrected chi connectivity index (χ2v) is 6.28. The molecule has 2 aromatic carbocycles. The predicted molar refractivity (Wildman–Crippen MR) is 99.0 cm³/mol. The minimum atomic E-state index is 0.343. The molecular weight excluding hydrogens is 369 g/mol. The Morgan fingerprint density at radius 2 is 1.62 bits per heavy atom. The second-order valence-electron chi connectivity index (χ2n) is 5.00. The molecule has 3 aromatic rings. The van der Waals surface area contributed by atoms with Gasteiger partial charge in [0.25, 0.3) is 0 Å². The number of benzene rings is 2. The Balaban J connectivity index is 1.82. The summed E-state index contributed by atoms with van der Waals surface area (Å²) in [6.07, 6.45) is 1.50. The molecule has 0 aliphatic rings. The molecule has 0 amide bonds. The fourth-order valence-corrected chi connectivity index (χ4v) is 2.62. The van der Waals surface area contributed by atoms with Gasteiger partial charge in [0.1, 0.15) is 0 Å². The van der Waals surface area contributed by atoms with Crippen molar-refractivity contribution in [3.63, 3.8) is 0 Å². The molecule has 0 fully saturated rings. The number of hydrogen-bond acceptors (Lipinski definition) is 5. The van der Waals surface area contributed by atoms with Gasteiger partial charge in [-0.25, -0.2) is 0 Å². The number of aromatic nitrogens is 3. The van der Waals surface area contributed by atoms with Crippen molar-refractivity contribution >= 4 is 57.9 Å². The summed E-state index contributed by atoms with van der Waals surface area (Å²) in [6.45, 7) is 1.96. The molecule has 3 rings (SSSR count). The lowest BCUT2D eigenvalue weighted by Gasteiger charge is -2.10. The Bertz CT molecular complexity index is 885. The summed E-state index contributed by atoms with van der Waals surface area (Å²) in [6, 6.07) is 10.7. The number of halogens is 3. The van der Waals surface area contributed by atoms with Gasteiger partial charge in [-0.05, 0) is 42.8 Å². The van der Waals surface area contributed by atoms with E-state index in [0.717, 1.165) is 11.3 Å². The Kier molecular flexibility index (Phi) is 5.04. The van der Waals surface area contributed by atoms with Gasteiger partial charge in [0.05, 0.1) is 16.9 Å². The lowest BCUT2D eigenvalue weighted by Crippen LogP contribution is -2.03. The van der Waals surface area contributed by atoms with Crippen molar-refractivity contribution in [3.05, 3.63) is 63.2 Å². The normalized spacial score (nSPS) is 10.5. The van der Waals surface area contributed by atoms with Gasteiger partial charge in [-0.15, -0.1) is 5.10 Å². The summed E-state index contributed by atoms with van der Waals surface area (Å²) in [5, 5.41) is 15.8. The monoisotopic (exact) mass is 379 g/mol. The van der Waals surface area contributed by atoms with Crippen LogP contribution in [0.4, 0.5) is 23.1 Å². The molecule has 0 radical (unpaired) electrons. The first-order valence-electron chi connectivity index (χ1n) is 6.96. The van der Waals surface area contributed by atoms with Crippen LogP contribution in [0.15, 0.2) is 42.6 Å². The minimum Gasteiger partial charge on any atom is -0.338 e. The van der Waals surface area contributed by atoms with E-state index in [2.05, 4.69) is 25.8 Å². The van der Waals surface area contributed by atoms with Gasteiger partial charge >= 0.3 is 0 Å². The van der Waals surface area contributed by atoms with E-state index < -0.39 is 0 Å². The zero-order chi connectivity index (χ0) is 17.1. The molecule has 0 saturated carbocycles. The highest BCUT2D eigenvalue weighted by molar-refractivity contribution is 6.36. The second kappa shape index (κ2) is 7.21. The molecule has 1 heterocycles. The Morgan fingerprint density at radius 3 is 2.42 bits per heavy atom. The van der Waals surface area contributed by atoms with Crippen LogP contribution >= 0.6 is 34.8 Å². The van der Waals surface area contributed by atoms with Gasteiger partial charge in [-0.1, -0.05) is 40.9 Å². The number of nitrogens with one attached hydrogen (secondary N) is 2. The molecule has 8 heteroatoms. The Labute approximate surface area is 154 Å². The molecule has 24 heavy (non-hydrogen) atoms. The summed E-state index contributed by atoms with van der Waals surface area (Å²) >= 11 is 18.1. The van der Waals surface area contributed by atoms with Crippen molar-refractivity contribution in [2.45, 2.75) is 6.92 Å². The molecule has 0 aliphatic heterocycles. The minimum absolute atomic E-state index is 0.343. The fourth-order valence-electron chi connectivity index (χ4n) is 1.99. The lowest BCUT2D eigenvalue weighted by molar-refractivity contribution is 0.982. The van der Waals surface area contributed by atoms with Crippen LogP contribution in [0.2, 0.25) is 15.1 Å². The van der Waals surface area contributed by atoms with E-state index in [-0.39, 0.29) is 0 Å². The van der Waals surface area contributed by atoms with E-state index >= 15 is 0 Å². The van der Waals surface area contributed by atoms with Gasteiger partial charge in [0, 0.05) is 15.7 Å². The highest BCUT2D eigenvalue weighted by Crippen LogP contribution is 2.28. The van der Waals surface area contributed by atoms with Crippen molar-refractivity contribution in [2.24, 2.45) is 0 Å². The van der Waals surface area contributed by atoms with E-state index in [1.807, 2.05) is 19.1 Å². The number of rotatable bonds is 4. The molecule has 0 unspecified atom stereocenters. The van der Waals surface area contributed by atoms with Crippen molar-refractivity contribution < 1.29 is 0 Å². The van der Waals surface area contributed by atoms with Crippen LogP contribution in [-0.2, 0) is 0 Å². The smallest absolute Gasteiger partial charge is 0.249 e. The maximum Gasteiger partial charge on any atom is 0.249 e. The van der Waals surface area contributed by atoms with Gasteiger partial charge in [-0.3, -0.25) is 0 Å². The van der Waals surface area contributed by atoms with Crippen LogP contribution in [0.3, 0.4) is 0 Å². The molecular formula is C16H12Cl3N5. The summed E-state index contributed by atoms with van der Waals surface area (Å²) in [7, 11) is 0. The Morgan fingerprint density at radius 1 is 0.875 bits per heavy atom. The van der Waals surface area contributed by atoms with Crippen molar-refractivity contribution in [3.8, 4) is 0 Å². The number of hydrogen-bond donors (Lipinski definition) is 2. The molecule has 0 bridgehead atoms. The van der Waals surface area contributed by atoms with E-state index in [0.29, 0.717) is 32.5 Å². The third-order valence-corrected chi connectivity index (χ3v) is 3.98. The summed E-state index contributed by atoms with van der Waals surface area (Å²) in [4.78, 5) is 4.37. The molecule has 5 nitrogen and oxygen atoms in total. The van der Waals surface area contributed by atoms with Gasteiger partial charge in [0.2, 0.25) is 5.95 Å². The molecule has 0 aliphatic carbocycles. The van der Waals surface area contributed by atoms with Crippen LogP contribution < -0.4 is 10.6 Å². The maximum absolute atomic E-state index is 6.15.